The van der Waals surface area contributed by atoms with Crippen LogP contribution in [0.15, 0.2) is 77.7 Å². The Balaban J connectivity index is 1.64. The van der Waals surface area contributed by atoms with Crippen LogP contribution in [-0.2, 0) is 16.4 Å². The molecule has 1 heterocycles. The number of fused-ring (bicyclic) bond motifs is 1. The minimum Gasteiger partial charge on any atom is -0.397 e. The zero-order valence-corrected chi connectivity index (χ0v) is 15.8. The molecule has 4 rings (SSSR count). The fourth-order valence-electron chi connectivity index (χ4n) is 3.29. The Labute approximate surface area is 163 Å². The van der Waals surface area contributed by atoms with Gasteiger partial charge in [-0.15, -0.1) is 0 Å². The first kappa shape index (κ1) is 18.1. The molecule has 0 bridgehead atoms. The molecule has 7 heteroatoms. The molecule has 0 radical (unpaired) electrons. The van der Waals surface area contributed by atoms with Crippen molar-refractivity contribution in [1.82, 2.24) is 0 Å². The monoisotopic (exact) mass is 393 g/mol. The average molecular weight is 393 g/mol. The maximum Gasteiger partial charge on any atom is 0.264 e. The fourth-order valence-corrected chi connectivity index (χ4v) is 4.84. The first-order valence-electron chi connectivity index (χ1n) is 8.83. The molecule has 1 aliphatic rings. The minimum atomic E-state index is -3.76. The number of carbonyl (C=O) groups is 1. The normalized spacial score (nSPS) is 13.2. The highest BCUT2D eigenvalue weighted by Crippen LogP contribution is 2.32. The SMILES string of the molecule is Nc1ccccc1NC(=O)c1cccc(S(=O)(=O)N2CCc3ccccc32)c1. The van der Waals surface area contributed by atoms with Crippen LogP contribution in [0.5, 0.6) is 0 Å². The molecule has 0 aromatic heterocycles. The van der Waals surface area contributed by atoms with Crippen LogP contribution in [0.25, 0.3) is 0 Å². The lowest BCUT2D eigenvalue weighted by Crippen LogP contribution is -2.29. The van der Waals surface area contributed by atoms with Gasteiger partial charge in [0, 0.05) is 12.1 Å². The lowest BCUT2D eigenvalue weighted by molar-refractivity contribution is 0.102. The Morgan fingerprint density at radius 2 is 1.71 bits per heavy atom. The summed E-state index contributed by atoms with van der Waals surface area (Å²) < 4.78 is 27.7. The summed E-state index contributed by atoms with van der Waals surface area (Å²) in [5.74, 6) is -0.420. The third kappa shape index (κ3) is 3.20. The molecule has 3 aromatic rings. The van der Waals surface area contributed by atoms with Crippen LogP contribution >= 0.6 is 0 Å². The minimum absolute atomic E-state index is 0.0814. The van der Waals surface area contributed by atoms with E-state index >= 15 is 0 Å². The van der Waals surface area contributed by atoms with Gasteiger partial charge >= 0.3 is 0 Å². The lowest BCUT2D eigenvalue weighted by atomic mass is 10.2. The summed E-state index contributed by atoms with van der Waals surface area (Å²) in [6.07, 6.45) is 0.670. The van der Waals surface area contributed by atoms with Crippen LogP contribution in [0, 0.1) is 0 Å². The molecular weight excluding hydrogens is 374 g/mol. The van der Waals surface area contributed by atoms with Gasteiger partial charge in [0.2, 0.25) is 0 Å². The number of rotatable bonds is 4. The first-order chi connectivity index (χ1) is 13.5. The third-order valence-corrected chi connectivity index (χ3v) is 6.55. The van der Waals surface area contributed by atoms with Gasteiger partial charge in [-0.25, -0.2) is 8.42 Å². The van der Waals surface area contributed by atoms with E-state index in [0.29, 0.717) is 30.0 Å². The van der Waals surface area contributed by atoms with Crippen molar-refractivity contribution in [1.29, 1.82) is 0 Å². The molecule has 142 valence electrons. The van der Waals surface area contributed by atoms with Crippen molar-refractivity contribution >= 4 is 33.0 Å². The number of para-hydroxylation sites is 3. The molecule has 1 aliphatic heterocycles. The molecule has 3 N–H and O–H groups in total. The molecule has 0 saturated heterocycles. The van der Waals surface area contributed by atoms with Gasteiger partial charge in [0.1, 0.15) is 0 Å². The molecule has 0 aliphatic carbocycles. The van der Waals surface area contributed by atoms with Crippen molar-refractivity contribution in [2.24, 2.45) is 0 Å². The highest BCUT2D eigenvalue weighted by Gasteiger charge is 2.30. The van der Waals surface area contributed by atoms with E-state index in [2.05, 4.69) is 5.32 Å². The number of hydrogen-bond donors (Lipinski definition) is 2. The van der Waals surface area contributed by atoms with Crippen LogP contribution in [0.1, 0.15) is 15.9 Å². The Kier molecular flexibility index (Phi) is 4.52. The van der Waals surface area contributed by atoms with E-state index in [4.69, 9.17) is 5.73 Å². The zero-order valence-electron chi connectivity index (χ0n) is 15.0. The predicted octanol–water partition coefficient (Wildman–Crippen LogP) is 3.27. The van der Waals surface area contributed by atoms with Gasteiger partial charge in [0.25, 0.3) is 15.9 Å². The fraction of sp³-hybridized carbons (Fsp3) is 0.0952. The number of anilines is 3. The smallest absolute Gasteiger partial charge is 0.264 e. The summed E-state index contributed by atoms with van der Waals surface area (Å²) >= 11 is 0. The maximum absolute atomic E-state index is 13.2. The van der Waals surface area contributed by atoms with Gasteiger partial charge in [-0.05, 0) is 48.4 Å². The number of benzene rings is 3. The number of nitrogens with one attached hydrogen (secondary N) is 1. The standard InChI is InChI=1S/C21H19N3O3S/c22-18-9-2-3-10-19(18)23-21(25)16-7-5-8-17(14-16)28(26,27)24-13-12-15-6-1-4-11-20(15)24/h1-11,14H,12-13,22H2,(H,23,25). The lowest BCUT2D eigenvalue weighted by Gasteiger charge is -2.20. The van der Waals surface area contributed by atoms with Crippen LogP contribution in [0.2, 0.25) is 0 Å². The van der Waals surface area contributed by atoms with Crippen molar-refractivity contribution in [3.8, 4) is 0 Å². The van der Waals surface area contributed by atoms with Crippen molar-refractivity contribution in [2.75, 3.05) is 21.9 Å². The largest absolute Gasteiger partial charge is 0.397 e. The second-order valence-corrected chi connectivity index (χ2v) is 8.39. The molecule has 3 aromatic carbocycles. The second kappa shape index (κ2) is 7.01. The van der Waals surface area contributed by atoms with Crippen molar-refractivity contribution < 1.29 is 13.2 Å². The van der Waals surface area contributed by atoms with E-state index in [9.17, 15) is 13.2 Å². The van der Waals surface area contributed by atoms with Gasteiger partial charge in [-0.2, -0.15) is 0 Å². The van der Waals surface area contributed by atoms with Crippen LogP contribution in [0.4, 0.5) is 17.1 Å². The highest BCUT2D eigenvalue weighted by atomic mass is 32.2. The molecule has 0 fully saturated rings. The number of nitrogen functional groups attached to an aromatic ring is 1. The summed E-state index contributed by atoms with van der Waals surface area (Å²) in [6, 6.07) is 20.4. The van der Waals surface area contributed by atoms with E-state index in [1.54, 1.807) is 42.5 Å². The van der Waals surface area contributed by atoms with Crippen molar-refractivity contribution in [2.45, 2.75) is 11.3 Å². The van der Waals surface area contributed by atoms with E-state index < -0.39 is 15.9 Å². The topological polar surface area (TPSA) is 92.5 Å². The van der Waals surface area contributed by atoms with E-state index in [1.807, 2.05) is 18.2 Å². The summed E-state index contributed by atoms with van der Waals surface area (Å²) in [5.41, 5.74) is 8.71. The van der Waals surface area contributed by atoms with Crippen LogP contribution in [0.3, 0.4) is 0 Å². The number of nitrogens with zero attached hydrogens (tertiary/aromatic N) is 1. The van der Waals surface area contributed by atoms with E-state index in [0.717, 1.165) is 5.56 Å². The number of amides is 1. The molecule has 0 spiro atoms. The van der Waals surface area contributed by atoms with Crippen molar-refractivity contribution in [3.63, 3.8) is 0 Å². The number of hydrogen-bond acceptors (Lipinski definition) is 4. The molecule has 0 atom stereocenters. The average Bonchev–Trinajstić information content (AvgIpc) is 3.15. The van der Waals surface area contributed by atoms with Gasteiger partial charge < -0.3 is 11.1 Å². The van der Waals surface area contributed by atoms with Gasteiger partial charge in [-0.3, -0.25) is 9.10 Å². The summed E-state index contributed by atoms with van der Waals surface area (Å²) in [6.45, 7) is 0.388. The molecule has 0 saturated carbocycles. The molecule has 28 heavy (non-hydrogen) atoms. The number of carbonyl (C=O) groups excluding carboxylic acids is 1. The predicted molar refractivity (Wildman–Crippen MR) is 110 cm³/mol. The number of nitrogens with two attached hydrogens (primary N) is 1. The quantitative estimate of drug-likeness (QED) is 0.666. The molecule has 0 unspecified atom stereocenters. The molecule has 1 amide bonds. The van der Waals surface area contributed by atoms with Crippen LogP contribution in [-0.4, -0.2) is 20.9 Å². The van der Waals surface area contributed by atoms with Gasteiger partial charge in [-0.1, -0.05) is 36.4 Å². The van der Waals surface area contributed by atoms with Crippen molar-refractivity contribution in [3.05, 3.63) is 83.9 Å². The Bertz CT molecular complexity index is 1160. The van der Waals surface area contributed by atoms with Crippen LogP contribution < -0.4 is 15.4 Å². The summed E-state index contributed by atoms with van der Waals surface area (Å²) in [7, 11) is -3.76. The second-order valence-electron chi connectivity index (χ2n) is 6.53. The zero-order chi connectivity index (χ0) is 19.7. The van der Waals surface area contributed by atoms with E-state index in [-0.39, 0.29) is 10.5 Å². The summed E-state index contributed by atoms with van der Waals surface area (Å²) in [4.78, 5) is 12.7. The Hall–Kier alpha value is -3.32. The summed E-state index contributed by atoms with van der Waals surface area (Å²) in [5, 5.41) is 2.72. The third-order valence-electron chi connectivity index (χ3n) is 4.74. The Morgan fingerprint density at radius 1 is 0.964 bits per heavy atom. The highest BCUT2D eigenvalue weighted by molar-refractivity contribution is 7.92. The maximum atomic E-state index is 13.2. The Morgan fingerprint density at radius 3 is 2.54 bits per heavy atom. The first-order valence-corrected chi connectivity index (χ1v) is 10.3. The van der Waals surface area contributed by atoms with Gasteiger partial charge in [0.15, 0.2) is 0 Å². The molecular formula is C21H19N3O3S. The molecule has 6 nitrogen and oxygen atoms in total. The van der Waals surface area contributed by atoms with Gasteiger partial charge in [0.05, 0.1) is 22.0 Å². The number of sulfonamides is 1. The van der Waals surface area contributed by atoms with E-state index in [1.165, 1.54) is 16.4 Å².